The average molecular weight is 542 g/mol. The quantitative estimate of drug-likeness (QED) is 0.356. The minimum absolute atomic E-state index is 0.0716. The highest BCUT2D eigenvalue weighted by Gasteiger charge is 2.58. The maximum atomic E-state index is 13.8. The number of rotatable bonds is 6. The molecule has 1 aliphatic carbocycles. The van der Waals surface area contributed by atoms with Crippen molar-refractivity contribution in [2.24, 2.45) is 0 Å². The molecule has 1 saturated carbocycles. The van der Waals surface area contributed by atoms with Crippen LogP contribution < -0.4 is 15.5 Å². The highest BCUT2D eigenvalue weighted by molar-refractivity contribution is 7.92. The van der Waals surface area contributed by atoms with E-state index in [2.05, 4.69) is 15.5 Å². The zero-order valence-corrected chi connectivity index (χ0v) is 22.2. The van der Waals surface area contributed by atoms with Crippen molar-refractivity contribution in [1.82, 2.24) is 15.3 Å². The van der Waals surface area contributed by atoms with Gasteiger partial charge >= 0.3 is 0 Å². The Morgan fingerprint density at radius 2 is 1.84 bits per heavy atom. The largest absolute Gasteiger partial charge is 0.377 e. The topological polar surface area (TPSA) is 96.5 Å². The molecule has 5 rings (SSSR count). The van der Waals surface area contributed by atoms with Crippen molar-refractivity contribution in [3.63, 3.8) is 0 Å². The first-order valence-corrected chi connectivity index (χ1v) is 14.0. The molecule has 0 spiro atoms. The summed E-state index contributed by atoms with van der Waals surface area (Å²) >= 11 is 5.17. The Balaban J connectivity index is 1.59. The fraction of sp³-hybridized carbons (Fsp3) is 0.346. The molecule has 1 aromatic heterocycles. The minimum atomic E-state index is -3.81. The molecule has 1 aliphatic heterocycles. The number of sulfone groups is 1. The lowest BCUT2D eigenvalue weighted by Gasteiger charge is -2.34. The summed E-state index contributed by atoms with van der Waals surface area (Å²) in [5.41, 5.74) is 2.01. The lowest BCUT2D eigenvalue weighted by atomic mass is 10.1. The lowest BCUT2D eigenvalue weighted by molar-refractivity contribution is 0.0985. The molecule has 2 aromatic carbocycles. The maximum Gasteiger partial charge on any atom is 0.189 e. The third-order valence-electron chi connectivity index (χ3n) is 6.81. The third kappa shape index (κ3) is 4.90. The van der Waals surface area contributed by atoms with E-state index in [9.17, 15) is 12.8 Å². The Morgan fingerprint density at radius 3 is 2.46 bits per heavy atom. The van der Waals surface area contributed by atoms with Crippen LogP contribution in [0.1, 0.15) is 25.5 Å². The molecule has 0 bridgehead atoms. The van der Waals surface area contributed by atoms with E-state index < -0.39 is 20.4 Å². The number of thiocarbonyl (C=S) groups is 1. The van der Waals surface area contributed by atoms with E-state index in [-0.39, 0.29) is 10.9 Å². The first kappa shape index (κ1) is 25.5. The van der Waals surface area contributed by atoms with Crippen molar-refractivity contribution in [2.75, 3.05) is 37.0 Å². The first-order valence-electron chi connectivity index (χ1n) is 12.1. The molecule has 0 amide bonds. The van der Waals surface area contributed by atoms with Gasteiger partial charge in [-0.15, -0.1) is 0 Å². The van der Waals surface area contributed by atoms with Gasteiger partial charge in [-0.25, -0.2) is 22.8 Å². The number of anilines is 2. The Hall–Kier alpha value is -3.15. The summed E-state index contributed by atoms with van der Waals surface area (Å²) in [6.07, 6.45) is 0.872. The molecule has 1 atom stereocenters. The first-order chi connectivity index (χ1) is 17.7. The summed E-state index contributed by atoms with van der Waals surface area (Å²) < 4.78 is 45.5. The number of hydrogen-bond donors (Lipinski definition) is 2. The van der Waals surface area contributed by atoms with Crippen LogP contribution in [0, 0.1) is 5.82 Å². The van der Waals surface area contributed by atoms with Gasteiger partial charge in [-0.05, 0) is 80.5 Å². The Kier molecular flexibility index (Phi) is 6.86. The van der Waals surface area contributed by atoms with Gasteiger partial charge in [0, 0.05) is 30.9 Å². The Morgan fingerprint density at radius 1 is 1.14 bits per heavy atom. The molecular formula is C26H28FN5O3S2. The van der Waals surface area contributed by atoms with Gasteiger partial charge in [0.05, 0.1) is 29.8 Å². The monoisotopic (exact) mass is 541 g/mol. The van der Waals surface area contributed by atoms with Crippen LogP contribution in [0.25, 0.3) is 11.4 Å². The van der Waals surface area contributed by atoms with Gasteiger partial charge in [0.25, 0.3) is 0 Å². The van der Waals surface area contributed by atoms with Gasteiger partial charge in [-0.2, -0.15) is 0 Å². The second-order valence-corrected chi connectivity index (χ2v) is 12.0. The number of aromatic nitrogens is 2. The normalized spacial score (nSPS) is 18.8. The van der Waals surface area contributed by atoms with Crippen molar-refractivity contribution in [1.29, 1.82) is 0 Å². The number of morpholine rings is 1. The number of ether oxygens (including phenoxy) is 1. The van der Waals surface area contributed by atoms with E-state index in [1.165, 1.54) is 24.3 Å². The third-order valence-corrected chi connectivity index (χ3v) is 9.66. The van der Waals surface area contributed by atoms with Crippen LogP contribution in [0.3, 0.4) is 0 Å². The highest BCUT2D eigenvalue weighted by Crippen LogP contribution is 2.55. The van der Waals surface area contributed by atoms with Gasteiger partial charge in [0.1, 0.15) is 16.4 Å². The van der Waals surface area contributed by atoms with Gasteiger partial charge in [-0.3, -0.25) is 0 Å². The van der Waals surface area contributed by atoms with Crippen LogP contribution in [0.15, 0.2) is 59.5 Å². The van der Waals surface area contributed by atoms with Crippen LogP contribution >= 0.6 is 12.2 Å². The fourth-order valence-corrected chi connectivity index (χ4v) is 6.61. The SMILES string of the molecule is CNC(=S)Nc1ccc(-c2nc(N3CCOC[C@@H]3C)cc(C3(S(=O)(=O)c4ccc(F)cc4)CC3)n2)cc1. The number of benzene rings is 2. The molecule has 3 aromatic rings. The molecule has 37 heavy (non-hydrogen) atoms. The van der Waals surface area contributed by atoms with E-state index in [0.717, 1.165) is 11.3 Å². The summed E-state index contributed by atoms with van der Waals surface area (Å²) in [7, 11) is -2.07. The van der Waals surface area contributed by atoms with Crippen molar-refractivity contribution >= 4 is 38.7 Å². The number of nitrogens with one attached hydrogen (secondary N) is 2. The average Bonchev–Trinajstić information content (AvgIpc) is 3.72. The molecule has 2 fully saturated rings. The van der Waals surface area contributed by atoms with Crippen molar-refractivity contribution in [3.05, 3.63) is 66.1 Å². The second kappa shape index (κ2) is 9.96. The predicted molar refractivity (Wildman–Crippen MR) is 145 cm³/mol. The summed E-state index contributed by atoms with van der Waals surface area (Å²) in [5, 5.41) is 6.45. The predicted octanol–water partition coefficient (Wildman–Crippen LogP) is 3.89. The smallest absolute Gasteiger partial charge is 0.189 e. The summed E-state index contributed by atoms with van der Waals surface area (Å²) in [5.74, 6) is 0.620. The molecule has 2 N–H and O–H groups in total. The molecule has 0 radical (unpaired) electrons. The molecule has 2 heterocycles. The van der Waals surface area contributed by atoms with Crippen LogP contribution in [-0.4, -0.2) is 56.3 Å². The van der Waals surface area contributed by atoms with Gasteiger partial charge in [0.2, 0.25) is 0 Å². The van der Waals surface area contributed by atoms with Crippen LogP contribution in [-0.2, 0) is 19.3 Å². The molecule has 1 saturated heterocycles. The zero-order valence-electron chi connectivity index (χ0n) is 20.6. The van der Waals surface area contributed by atoms with Gasteiger partial charge in [-0.1, -0.05) is 0 Å². The van der Waals surface area contributed by atoms with Crippen LogP contribution in [0.5, 0.6) is 0 Å². The minimum Gasteiger partial charge on any atom is -0.377 e. The zero-order chi connectivity index (χ0) is 26.2. The number of hydrogen-bond acceptors (Lipinski definition) is 7. The van der Waals surface area contributed by atoms with Crippen LogP contribution in [0.4, 0.5) is 15.9 Å². The van der Waals surface area contributed by atoms with Crippen LogP contribution in [0.2, 0.25) is 0 Å². The van der Waals surface area contributed by atoms with Gasteiger partial charge in [0.15, 0.2) is 20.8 Å². The second-order valence-electron chi connectivity index (χ2n) is 9.29. The highest BCUT2D eigenvalue weighted by atomic mass is 32.2. The molecule has 2 aliphatic rings. The van der Waals surface area contributed by atoms with Gasteiger partial charge < -0.3 is 20.3 Å². The van der Waals surface area contributed by atoms with Crippen molar-refractivity contribution < 1.29 is 17.5 Å². The molecular weight excluding hydrogens is 513 g/mol. The van der Waals surface area contributed by atoms with E-state index in [4.69, 9.17) is 26.9 Å². The van der Waals surface area contributed by atoms with E-state index in [0.29, 0.717) is 55.0 Å². The Bertz CT molecular complexity index is 1410. The lowest BCUT2D eigenvalue weighted by Crippen LogP contribution is -2.44. The maximum absolute atomic E-state index is 13.8. The van der Waals surface area contributed by atoms with Crippen molar-refractivity contribution in [2.45, 2.75) is 35.4 Å². The molecule has 11 heteroatoms. The van der Waals surface area contributed by atoms with Crippen molar-refractivity contribution in [3.8, 4) is 11.4 Å². The van der Waals surface area contributed by atoms with E-state index in [1.807, 2.05) is 31.2 Å². The molecule has 8 nitrogen and oxygen atoms in total. The fourth-order valence-electron chi connectivity index (χ4n) is 4.52. The molecule has 0 unspecified atom stereocenters. The summed E-state index contributed by atoms with van der Waals surface area (Å²) in [6.45, 7) is 3.80. The number of nitrogens with zero attached hydrogens (tertiary/aromatic N) is 3. The Labute approximate surface area is 221 Å². The van der Waals surface area contributed by atoms with E-state index in [1.54, 1.807) is 13.1 Å². The number of halogens is 1. The molecule has 194 valence electrons. The summed E-state index contributed by atoms with van der Waals surface area (Å²) in [6, 6.07) is 14.3. The summed E-state index contributed by atoms with van der Waals surface area (Å²) in [4.78, 5) is 11.9. The van der Waals surface area contributed by atoms with E-state index >= 15 is 0 Å². The standard InChI is InChI=1S/C26H28FN5O3S2/c1-17-16-35-14-13-32(17)23-15-22(26(11-12-26)37(33,34)21-9-5-19(27)6-10-21)30-24(31-23)18-3-7-20(8-4-18)29-25(36)28-2/h3-10,15,17H,11-14,16H2,1-2H3,(H2,28,29,36)/t17-/m0/s1.